The average molecular weight is 236 g/mol. The molecule has 1 unspecified atom stereocenters. The van der Waals surface area contributed by atoms with E-state index in [4.69, 9.17) is 0 Å². The Morgan fingerprint density at radius 1 is 0.941 bits per heavy atom. The van der Waals surface area contributed by atoms with Crippen LogP contribution in [0.1, 0.15) is 47.0 Å². The van der Waals surface area contributed by atoms with Crippen LogP contribution in [-0.2, 0) is 0 Å². The van der Waals surface area contributed by atoms with E-state index in [1.807, 2.05) is 0 Å². The molecule has 1 spiro atoms. The summed E-state index contributed by atoms with van der Waals surface area (Å²) in [5, 5.41) is 21.1. The van der Waals surface area contributed by atoms with Crippen molar-refractivity contribution < 1.29 is 10.2 Å². The van der Waals surface area contributed by atoms with Crippen molar-refractivity contribution in [3.8, 4) is 0 Å². The molecule has 5 rings (SSSR count). The van der Waals surface area contributed by atoms with Gasteiger partial charge in [-0.2, -0.15) is 0 Å². The van der Waals surface area contributed by atoms with Crippen LogP contribution in [0.15, 0.2) is 0 Å². The molecule has 0 aromatic rings. The maximum absolute atomic E-state index is 10.9. The second-order valence-corrected chi connectivity index (χ2v) is 8.39. The first kappa shape index (κ1) is 10.8. The summed E-state index contributed by atoms with van der Waals surface area (Å²) >= 11 is 0. The summed E-state index contributed by atoms with van der Waals surface area (Å²) in [4.78, 5) is 0. The van der Waals surface area contributed by atoms with E-state index in [2.05, 4.69) is 27.7 Å². The molecule has 0 aromatic carbocycles. The highest BCUT2D eigenvalue weighted by atomic mass is 16.3. The molecule has 2 nitrogen and oxygen atoms in total. The third kappa shape index (κ3) is 0.732. The highest BCUT2D eigenvalue weighted by Crippen LogP contribution is 2.94. The maximum atomic E-state index is 10.9. The second-order valence-electron chi connectivity index (χ2n) is 8.39. The zero-order valence-electron chi connectivity index (χ0n) is 11.3. The topological polar surface area (TPSA) is 40.5 Å². The first-order valence-electron chi connectivity index (χ1n) is 7.08. The van der Waals surface area contributed by atoms with Gasteiger partial charge in [-0.1, -0.05) is 27.7 Å². The van der Waals surface area contributed by atoms with Gasteiger partial charge in [-0.3, -0.25) is 0 Å². The quantitative estimate of drug-likeness (QED) is 0.677. The summed E-state index contributed by atoms with van der Waals surface area (Å²) in [6, 6.07) is 0. The molecular weight excluding hydrogens is 212 g/mol. The summed E-state index contributed by atoms with van der Waals surface area (Å²) in [5.41, 5.74) is 0.493. The molecule has 0 aliphatic heterocycles. The van der Waals surface area contributed by atoms with Crippen molar-refractivity contribution in [2.75, 3.05) is 0 Å². The third-order valence-corrected chi connectivity index (χ3v) is 7.68. The third-order valence-electron chi connectivity index (χ3n) is 7.68. The Morgan fingerprint density at radius 3 is 2.12 bits per heavy atom. The molecule has 5 saturated carbocycles. The van der Waals surface area contributed by atoms with Crippen LogP contribution in [0.2, 0.25) is 0 Å². The van der Waals surface area contributed by atoms with E-state index in [0.717, 1.165) is 18.8 Å². The van der Waals surface area contributed by atoms with Crippen molar-refractivity contribution in [2.24, 2.45) is 33.5 Å². The number of hydrogen-bond acceptors (Lipinski definition) is 2. The lowest BCUT2D eigenvalue weighted by Crippen LogP contribution is -2.56. The Balaban J connectivity index is 1.94. The lowest BCUT2D eigenvalue weighted by molar-refractivity contribution is -0.160. The van der Waals surface area contributed by atoms with Crippen LogP contribution in [0.3, 0.4) is 0 Å². The Labute approximate surface area is 103 Å². The fourth-order valence-corrected chi connectivity index (χ4v) is 7.34. The molecule has 0 saturated heterocycles. The lowest BCUT2D eigenvalue weighted by Gasteiger charge is -2.58. The first-order chi connectivity index (χ1) is 7.72. The van der Waals surface area contributed by atoms with Gasteiger partial charge in [-0.15, -0.1) is 0 Å². The van der Waals surface area contributed by atoms with Crippen LogP contribution in [-0.4, -0.2) is 22.4 Å². The minimum Gasteiger partial charge on any atom is -0.393 e. The van der Waals surface area contributed by atoms with Crippen molar-refractivity contribution in [3.63, 3.8) is 0 Å². The van der Waals surface area contributed by atoms with Gasteiger partial charge in [0.15, 0.2) is 0 Å². The number of aliphatic hydroxyl groups excluding tert-OH is 2. The largest absolute Gasteiger partial charge is 0.393 e. The molecule has 0 amide bonds. The van der Waals surface area contributed by atoms with Crippen molar-refractivity contribution >= 4 is 0 Å². The lowest BCUT2D eigenvalue weighted by atomic mass is 9.47. The molecule has 17 heavy (non-hydrogen) atoms. The molecule has 5 aliphatic rings. The van der Waals surface area contributed by atoms with Gasteiger partial charge in [0.05, 0.1) is 12.2 Å². The smallest absolute Gasteiger partial charge is 0.0666 e. The van der Waals surface area contributed by atoms with Gasteiger partial charge in [-0.25, -0.2) is 0 Å². The molecular formula is C15H24O2. The molecule has 0 aromatic heterocycles. The van der Waals surface area contributed by atoms with Crippen LogP contribution in [0.25, 0.3) is 0 Å². The van der Waals surface area contributed by atoms with Crippen LogP contribution >= 0.6 is 0 Å². The van der Waals surface area contributed by atoms with Gasteiger partial charge in [0.1, 0.15) is 0 Å². The van der Waals surface area contributed by atoms with Crippen LogP contribution < -0.4 is 0 Å². The SMILES string of the molecule is CC1(C)C[C@@H](O)C[C@]2(C)[C@H]3C4C[C@@]12[C@@H](O)[C@]43C. The molecule has 2 N–H and O–H groups in total. The minimum atomic E-state index is -0.169. The molecule has 96 valence electrons. The van der Waals surface area contributed by atoms with Crippen molar-refractivity contribution in [1.82, 2.24) is 0 Å². The molecule has 5 fully saturated rings. The van der Waals surface area contributed by atoms with E-state index in [9.17, 15) is 10.2 Å². The van der Waals surface area contributed by atoms with Crippen molar-refractivity contribution in [1.29, 1.82) is 0 Å². The summed E-state index contributed by atoms with van der Waals surface area (Å²) in [5.74, 6) is 1.39. The Hall–Kier alpha value is -0.0800. The normalized spacial score (nSPS) is 70.2. The van der Waals surface area contributed by atoms with Crippen molar-refractivity contribution in [2.45, 2.75) is 59.2 Å². The van der Waals surface area contributed by atoms with E-state index in [0.29, 0.717) is 5.92 Å². The van der Waals surface area contributed by atoms with Gasteiger partial charge in [0.25, 0.3) is 0 Å². The van der Waals surface area contributed by atoms with Gasteiger partial charge < -0.3 is 10.2 Å². The number of aliphatic hydroxyl groups is 2. The van der Waals surface area contributed by atoms with E-state index >= 15 is 0 Å². The van der Waals surface area contributed by atoms with E-state index in [1.165, 1.54) is 6.42 Å². The maximum Gasteiger partial charge on any atom is 0.0666 e. The zero-order valence-corrected chi connectivity index (χ0v) is 11.3. The molecule has 0 heterocycles. The number of rotatable bonds is 0. The highest BCUT2D eigenvalue weighted by Gasteiger charge is 2.93. The van der Waals surface area contributed by atoms with E-state index < -0.39 is 0 Å². The standard InChI is InChI=1S/C15H24O2/c1-12(2)5-8(16)6-13(3)10-9-7-15(12,13)11(17)14(9,10)4/h8-11,16-17H,5-7H2,1-4H3/t8-,9?,10-,11+,13-,14-,15-/m1/s1. The molecule has 4 bridgehead atoms. The predicted molar refractivity (Wildman–Crippen MR) is 65.3 cm³/mol. The second kappa shape index (κ2) is 2.34. The molecule has 0 radical (unpaired) electrons. The van der Waals surface area contributed by atoms with Crippen LogP contribution in [0.5, 0.6) is 0 Å². The molecule has 5 aliphatic carbocycles. The van der Waals surface area contributed by atoms with E-state index in [-0.39, 0.29) is 33.9 Å². The number of hydrogen-bond donors (Lipinski definition) is 2. The summed E-state index contributed by atoms with van der Waals surface area (Å²) in [6.07, 6.45) is 2.65. The minimum absolute atomic E-state index is 0.0695. The van der Waals surface area contributed by atoms with Gasteiger partial charge >= 0.3 is 0 Å². The van der Waals surface area contributed by atoms with Gasteiger partial charge in [-0.05, 0) is 41.9 Å². The van der Waals surface area contributed by atoms with Gasteiger partial charge in [0.2, 0.25) is 0 Å². The molecule has 7 atom stereocenters. The summed E-state index contributed by atoms with van der Waals surface area (Å²) in [6.45, 7) is 9.18. The van der Waals surface area contributed by atoms with Crippen LogP contribution in [0, 0.1) is 33.5 Å². The van der Waals surface area contributed by atoms with Gasteiger partial charge in [0, 0.05) is 10.8 Å². The molecule has 2 heteroatoms. The predicted octanol–water partition coefficient (Wildman–Crippen LogP) is 2.19. The first-order valence-corrected chi connectivity index (χ1v) is 7.08. The fourth-order valence-electron chi connectivity index (χ4n) is 7.34. The zero-order chi connectivity index (χ0) is 12.4. The monoisotopic (exact) mass is 236 g/mol. The Kier molecular flexibility index (Phi) is 1.49. The average Bonchev–Trinajstić information content (AvgIpc) is 2.46. The highest BCUT2D eigenvalue weighted by molar-refractivity contribution is 5.40. The van der Waals surface area contributed by atoms with E-state index in [1.54, 1.807) is 0 Å². The van der Waals surface area contributed by atoms with Crippen LogP contribution in [0.4, 0.5) is 0 Å². The summed E-state index contributed by atoms with van der Waals surface area (Å²) < 4.78 is 0. The Morgan fingerprint density at radius 2 is 1.59 bits per heavy atom. The Bertz CT molecular complexity index is 417. The fraction of sp³-hybridized carbons (Fsp3) is 1.00. The van der Waals surface area contributed by atoms with Crippen molar-refractivity contribution in [3.05, 3.63) is 0 Å². The summed E-state index contributed by atoms with van der Waals surface area (Å²) in [7, 11) is 0.